The number of hydrogen-bond acceptors (Lipinski definition) is 3. The van der Waals surface area contributed by atoms with E-state index in [1.165, 1.54) is 11.3 Å². The molecule has 1 aromatic rings. The fourth-order valence-corrected chi connectivity index (χ4v) is 2.52. The molecule has 2 N–H and O–H groups in total. The van der Waals surface area contributed by atoms with Crippen LogP contribution in [-0.2, 0) is 0 Å². The zero-order chi connectivity index (χ0) is 9.84. The first kappa shape index (κ1) is 11.5. The molecule has 0 saturated carbocycles. The number of halogens is 2. The highest BCUT2D eigenvalue weighted by Crippen LogP contribution is 2.29. The van der Waals surface area contributed by atoms with Crippen molar-refractivity contribution in [2.75, 3.05) is 5.33 Å². The summed E-state index contributed by atoms with van der Waals surface area (Å²) in [6, 6.07) is 3.45. The molecule has 1 rings (SSSR count). The average molecular weight is 286 g/mol. The summed E-state index contributed by atoms with van der Waals surface area (Å²) in [7, 11) is 0. The number of aliphatic hydroxyl groups excluding tert-OH is 2. The van der Waals surface area contributed by atoms with Crippen LogP contribution in [0.2, 0.25) is 4.34 Å². The predicted octanol–water partition coefficient (Wildman–Crippen LogP) is 2.58. The lowest BCUT2D eigenvalue weighted by Crippen LogP contribution is -2.17. The molecule has 2 nitrogen and oxygen atoms in total. The van der Waals surface area contributed by atoms with Gasteiger partial charge in [-0.1, -0.05) is 27.5 Å². The second kappa shape index (κ2) is 5.32. The summed E-state index contributed by atoms with van der Waals surface area (Å²) in [5.41, 5.74) is 0. The van der Waals surface area contributed by atoms with Crippen molar-refractivity contribution in [3.05, 3.63) is 21.3 Å². The van der Waals surface area contributed by atoms with Crippen LogP contribution in [0, 0.1) is 0 Å². The van der Waals surface area contributed by atoms with E-state index in [4.69, 9.17) is 11.6 Å². The van der Waals surface area contributed by atoms with Gasteiger partial charge in [-0.15, -0.1) is 11.3 Å². The van der Waals surface area contributed by atoms with Gasteiger partial charge in [-0.2, -0.15) is 0 Å². The van der Waals surface area contributed by atoms with E-state index in [1.54, 1.807) is 12.1 Å². The fraction of sp³-hybridized carbons (Fsp3) is 0.500. The van der Waals surface area contributed by atoms with Gasteiger partial charge in [0.2, 0.25) is 0 Å². The Bertz CT molecular complexity index is 266. The highest BCUT2D eigenvalue weighted by molar-refractivity contribution is 9.09. The van der Waals surface area contributed by atoms with Gasteiger partial charge in [-0.25, -0.2) is 0 Å². The van der Waals surface area contributed by atoms with Gasteiger partial charge in [0.05, 0.1) is 10.4 Å². The average Bonchev–Trinajstić information content (AvgIpc) is 2.51. The summed E-state index contributed by atoms with van der Waals surface area (Å²) in [5.74, 6) is 0. The van der Waals surface area contributed by atoms with E-state index in [-0.39, 0.29) is 0 Å². The molecule has 1 aromatic heterocycles. The molecule has 13 heavy (non-hydrogen) atoms. The zero-order valence-corrected chi connectivity index (χ0v) is 9.94. The molecule has 0 aliphatic rings. The van der Waals surface area contributed by atoms with E-state index in [1.807, 2.05) is 0 Å². The Morgan fingerprint density at radius 3 is 2.62 bits per heavy atom. The van der Waals surface area contributed by atoms with Gasteiger partial charge >= 0.3 is 0 Å². The second-order valence-corrected chi connectivity index (χ2v) is 5.17. The van der Waals surface area contributed by atoms with Crippen LogP contribution in [-0.4, -0.2) is 21.6 Å². The molecule has 0 saturated heterocycles. The second-order valence-electron chi connectivity index (χ2n) is 2.63. The van der Waals surface area contributed by atoms with E-state index in [2.05, 4.69) is 15.9 Å². The van der Waals surface area contributed by atoms with Gasteiger partial charge < -0.3 is 10.2 Å². The molecular formula is C8H10BrClO2S. The van der Waals surface area contributed by atoms with Crippen molar-refractivity contribution in [3.63, 3.8) is 0 Å². The Labute approximate surface area is 94.3 Å². The molecule has 0 spiro atoms. The predicted molar refractivity (Wildman–Crippen MR) is 58.7 cm³/mol. The van der Waals surface area contributed by atoms with Gasteiger partial charge in [0, 0.05) is 10.2 Å². The standard InChI is InChI=1S/C8H10BrClO2S/c9-4-3-5(11)8(12)6-1-2-7(10)13-6/h1-2,5,8,11-12H,3-4H2. The van der Waals surface area contributed by atoms with Crippen LogP contribution in [0.1, 0.15) is 17.4 Å². The summed E-state index contributed by atoms with van der Waals surface area (Å²) in [6.45, 7) is 0. The van der Waals surface area contributed by atoms with Gasteiger partial charge in [-0.3, -0.25) is 0 Å². The van der Waals surface area contributed by atoms with Crippen LogP contribution in [0.15, 0.2) is 12.1 Å². The number of thiophene rings is 1. The van der Waals surface area contributed by atoms with Crippen LogP contribution >= 0.6 is 38.9 Å². The number of alkyl halides is 1. The Morgan fingerprint density at radius 2 is 2.15 bits per heavy atom. The van der Waals surface area contributed by atoms with Crippen LogP contribution < -0.4 is 0 Å². The molecule has 5 heteroatoms. The third-order valence-corrected chi connectivity index (χ3v) is 3.41. The van der Waals surface area contributed by atoms with Crippen molar-refractivity contribution >= 4 is 38.9 Å². The number of hydrogen-bond donors (Lipinski definition) is 2. The first-order valence-electron chi connectivity index (χ1n) is 3.82. The largest absolute Gasteiger partial charge is 0.390 e. The first-order valence-corrected chi connectivity index (χ1v) is 6.14. The molecule has 0 fully saturated rings. The Balaban J connectivity index is 2.61. The minimum absolute atomic E-state index is 0.524. The molecule has 0 aromatic carbocycles. The smallest absolute Gasteiger partial charge is 0.114 e. The third kappa shape index (κ3) is 3.22. The highest BCUT2D eigenvalue weighted by atomic mass is 79.9. The number of aliphatic hydroxyl groups is 2. The van der Waals surface area contributed by atoms with Crippen molar-refractivity contribution in [1.82, 2.24) is 0 Å². The third-order valence-electron chi connectivity index (χ3n) is 1.65. The van der Waals surface area contributed by atoms with Crippen LogP contribution in [0.25, 0.3) is 0 Å². The number of rotatable bonds is 4. The van der Waals surface area contributed by atoms with E-state index in [9.17, 15) is 10.2 Å². The maximum Gasteiger partial charge on any atom is 0.114 e. The lowest BCUT2D eigenvalue weighted by Gasteiger charge is -2.14. The normalized spacial score (nSPS) is 15.7. The topological polar surface area (TPSA) is 40.5 Å². The van der Waals surface area contributed by atoms with Crippen LogP contribution in [0.3, 0.4) is 0 Å². The lowest BCUT2D eigenvalue weighted by molar-refractivity contribution is 0.0195. The summed E-state index contributed by atoms with van der Waals surface area (Å²) in [6.07, 6.45) is -1.03. The van der Waals surface area contributed by atoms with Crippen molar-refractivity contribution in [1.29, 1.82) is 0 Å². The van der Waals surface area contributed by atoms with E-state index < -0.39 is 12.2 Å². The quantitative estimate of drug-likeness (QED) is 0.835. The first-order chi connectivity index (χ1) is 6.15. The SMILES string of the molecule is OC(CCBr)C(O)c1ccc(Cl)s1. The van der Waals surface area contributed by atoms with E-state index in [0.29, 0.717) is 21.0 Å². The molecule has 0 bridgehead atoms. The molecular weight excluding hydrogens is 276 g/mol. The Kier molecular flexibility index (Phi) is 4.69. The Hall–Kier alpha value is 0.390. The minimum atomic E-state index is -0.824. The van der Waals surface area contributed by atoms with Crippen molar-refractivity contribution in [3.8, 4) is 0 Å². The molecule has 0 amide bonds. The molecule has 2 atom stereocenters. The molecule has 1 heterocycles. The van der Waals surface area contributed by atoms with Crippen molar-refractivity contribution in [2.45, 2.75) is 18.6 Å². The lowest BCUT2D eigenvalue weighted by atomic mass is 10.1. The Morgan fingerprint density at radius 1 is 1.46 bits per heavy atom. The fourth-order valence-electron chi connectivity index (χ4n) is 0.947. The molecule has 0 aliphatic carbocycles. The van der Waals surface area contributed by atoms with Crippen LogP contribution in [0.5, 0.6) is 0 Å². The maximum absolute atomic E-state index is 9.61. The molecule has 0 radical (unpaired) electrons. The van der Waals surface area contributed by atoms with Gasteiger partial charge in [0.1, 0.15) is 6.10 Å². The van der Waals surface area contributed by atoms with E-state index in [0.717, 1.165) is 0 Å². The summed E-state index contributed by atoms with van der Waals surface area (Å²) in [4.78, 5) is 0.707. The highest BCUT2D eigenvalue weighted by Gasteiger charge is 2.18. The molecule has 0 aliphatic heterocycles. The zero-order valence-electron chi connectivity index (χ0n) is 6.78. The monoisotopic (exact) mass is 284 g/mol. The van der Waals surface area contributed by atoms with Crippen LogP contribution in [0.4, 0.5) is 0 Å². The summed E-state index contributed by atoms with van der Waals surface area (Å²) in [5, 5.41) is 19.7. The van der Waals surface area contributed by atoms with Gasteiger partial charge in [-0.05, 0) is 18.6 Å². The molecule has 74 valence electrons. The van der Waals surface area contributed by atoms with Gasteiger partial charge in [0.25, 0.3) is 0 Å². The van der Waals surface area contributed by atoms with Gasteiger partial charge in [0.15, 0.2) is 0 Å². The maximum atomic E-state index is 9.61. The summed E-state index contributed by atoms with van der Waals surface area (Å²) >= 11 is 10.2. The van der Waals surface area contributed by atoms with E-state index >= 15 is 0 Å². The molecule has 2 unspecified atom stereocenters. The minimum Gasteiger partial charge on any atom is -0.390 e. The van der Waals surface area contributed by atoms with Crippen molar-refractivity contribution < 1.29 is 10.2 Å². The van der Waals surface area contributed by atoms with Crippen molar-refractivity contribution in [2.24, 2.45) is 0 Å². The summed E-state index contributed by atoms with van der Waals surface area (Å²) < 4.78 is 0.625.